The van der Waals surface area contributed by atoms with Crippen molar-refractivity contribution < 1.29 is 14.0 Å². The molecule has 1 amide bonds. The smallest absolute Gasteiger partial charge is 0.260 e. The maximum absolute atomic E-state index is 13.8. The topological polar surface area (TPSA) is 42.3 Å². The zero-order valence-electron chi connectivity index (χ0n) is 13.8. The lowest BCUT2D eigenvalue weighted by Gasteiger charge is -2.29. The van der Waals surface area contributed by atoms with Gasteiger partial charge in [0.05, 0.1) is 11.1 Å². The quantitative estimate of drug-likeness (QED) is 0.673. The third kappa shape index (κ3) is 2.52. The van der Waals surface area contributed by atoms with E-state index in [2.05, 4.69) is 0 Å². The number of rotatable bonds is 1. The number of halogens is 1. The monoisotopic (exact) mass is 336 g/mol. The van der Waals surface area contributed by atoms with Crippen LogP contribution in [0.2, 0.25) is 0 Å². The second kappa shape index (κ2) is 5.84. The van der Waals surface area contributed by atoms with Crippen molar-refractivity contribution in [2.45, 2.75) is 19.8 Å². The molecule has 2 heterocycles. The minimum Gasteiger partial charge on any atom is -0.308 e. The van der Waals surface area contributed by atoms with Crippen molar-refractivity contribution in [2.24, 2.45) is 0 Å². The van der Waals surface area contributed by atoms with Crippen LogP contribution >= 0.6 is 0 Å². The number of carbonyl (C=O) groups excluding carboxylic acids is 2. The molecule has 0 bridgehead atoms. The van der Waals surface area contributed by atoms with Crippen molar-refractivity contribution in [2.75, 3.05) is 11.4 Å². The summed E-state index contributed by atoms with van der Waals surface area (Å²) in [6.45, 7) is 2.03. The number of para-hydroxylation sites is 1. The van der Waals surface area contributed by atoms with Gasteiger partial charge in [0.1, 0.15) is 5.82 Å². The number of hydrogen-bond acceptors (Lipinski definition) is 2. The molecule has 126 valence electrons. The van der Waals surface area contributed by atoms with E-state index in [0.717, 1.165) is 24.1 Å². The zero-order chi connectivity index (χ0) is 17.6. The Morgan fingerprint density at radius 1 is 1.12 bits per heavy atom. The first-order chi connectivity index (χ1) is 12.1. The second-order valence-corrected chi connectivity index (χ2v) is 6.28. The molecule has 0 spiro atoms. The first-order valence-corrected chi connectivity index (χ1v) is 8.27. The van der Waals surface area contributed by atoms with Crippen LogP contribution in [0.5, 0.6) is 0 Å². The fourth-order valence-electron chi connectivity index (χ4n) is 3.52. The number of hydrogen-bond donors (Lipinski definition) is 0. The van der Waals surface area contributed by atoms with Crippen molar-refractivity contribution in [3.63, 3.8) is 0 Å². The van der Waals surface area contributed by atoms with Gasteiger partial charge < -0.3 is 4.90 Å². The van der Waals surface area contributed by atoms with E-state index in [1.54, 1.807) is 4.90 Å². The third-order valence-corrected chi connectivity index (χ3v) is 4.69. The van der Waals surface area contributed by atoms with Crippen LogP contribution in [-0.2, 0) is 6.42 Å². The van der Waals surface area contributed by atoms with Gasteiger partial charge in [-0.15, -0.1) is 0 Å². The lowest BCUT2D eigenvalue weighted by Crippen LogP contribution is -2.35. The predicted molar refractivity (Wildman–Crippen MR) is 94.6 cm³/mol. The highest BCUT2D eigenvalue weighted by molar-refractivity contribution is 6.15. The molecule has 0 fully saturated rings. The summed E-state index contributed by atoms with van der Waals surface area (Å²) in [6, 6.07) is 12.0. The first kappa shape index (κ1) is 15.6. The number of nitrogens with zero attached hydrogens (tertiary/aromatic N) is 2. The highest BCUT2D eigenvalue weighted by Gasteiger charge is 2.26. The molecule has 3 aromatic rings. The van der Waals surface area contributed by atoms with Gasteiger partial charge in [0.2, 0.25) is 5.91 Å². The Labute approximate surface area is 144 Å². The molecule has 0 unspecified atom stereocenters. The van der Waals surface area contributed by atoms with E-state index in [4.69, 9.17) is 0 Å². The number of amides is 1. The Balaban J connectivity index is 1.87. The zero-order valence-corrected chi connectivity index (χ0v) is 13.8. The average Bonchev–Trinajstić information content (AvgIpc) is 2.99. The van der Waals surface area contributed by atoms with Crippen LogP contribution in [0.15, 0.2) is 48.7 Å². The van der Waals surface area contributed by atoms with Crippen LogP contribution in [-0.4, -0.2) is 22.9 Å². The summed E-state index contributed by atoms with van der Waals surface area (Å²) < 4.78 is 15.2. The molecular formula is C20H17FN2O2. The van der Waals surface area contributed by atoms with Gasteiger partial charge >= 0.3 is 0 Å². The number of aromatic nitrogens is 1. The van der Waals surface area contributed by atoms with E-state index >= 15 is 0 Å². The van der Waals surface area contributed by atoms with Gasteiger partial charge in [0.25, 0.3) is 5.91 Å². The van der Waals surface area contributed by atoms with Gasteiger partial charge in [-0.1, -0.05) is 18.2 Å². The van der Waals surface area contributed by atoms with Crippen LogP contribution in [0.4, 0.5) is 10.1 Å². The minimum atomic E-state index is -0.429. The second-order valence-electron chi connectivity index (χ2n) is 6.28. The molecule has 1 aliphatic rings. The van der Waals surface area contributed by atoms with Crippen LogP contribution < -0.4 is 4.90 Å². The lowest BCUT2D eigenvalue weighted by molar-refractivity contribution is 0.0941. The molecule has 0 N–H and O–H groups in total. The lowest BCUT2D eigenvalue weighted by atomic mass is 10.0. The summed E-state index contributed by atoms with van der Waals surface area (Å²) in [5.41, 5.74) is 2.91. The molecule has 4 nitrogen and oxygen atoms in total. The Morgan fingerprint density at radius 3 is 2.72 bits per heavy atom. The molecule has 5 heteroatoms. The van der Waals surface area contributed by atoms with E-state index in [-0.39, 0.29) is 11.8 Å². The Morgan fingerprint density at radius 2 is 1.92 bits per heavy atom. The van der Waals surface area contributed by atoms with Gasteiger partial charge in [-0.2, -0.15) is 0 Å². The molecule has 0 saturated heterocycles. The molecule has 4 rings (SSSR count). The number of carbonyl (C=O) groups is 2. The molecule has 1 aliphatic heterocycles. The number of anilines is 1. The molecule has 2 aromatic carbocycles. The van der Waals surface area contributed by atoms with E-state index in [1.165, 1.54) is 35.9 Å². The summed E-state index contributed by atoms with van der Waals surface area (Å²) in [5.74, 6) is -0.848. The Hall–Kier alpha value is -2.95. The summed E-state index contributed by atoms with van der Waals surface area (Å²) in [7, 11) is 0. The van der Waals surface area contributed by atoms with Crippen LogP contribution in [0.1, 0.15) is 34.1 Å². The molecular weight excluding hydrogens is 319 g/mol. The highest BCUT2D eigenvalue weighted by Crippen LogP contribution is 2.30. The number of aryl methyl sites for hydroxylation is 1. The van der Waals surface area contributed by atoms with E-state index in [1.807, 2.05) is 24.3 Å². The van der Waals surface area contributed by atoms with Crippen molar-refractivity contribution in [1.82, 2.24) is 4.57 Å². The summed E-state index contributed by atoms with van der Waals surface area (Å²) in [6.07, 6.45) is 3.33. The van der Waals surface area contributed by atoms with E-state index < -0.39 is 5.82 Å². The summed E-state index contributed by atoms with van der Waals surface area (Å²) in [5, 5.41) is 0.461. The molecule has 0 aliphatic carbocycles. The van der Waals surface area contributed by atoms with Gasteiger partial charge in [-0.05, 0) is 42.7 Å². The predicted octanol–water partition coefficient (Wildman–Crippen LogP) is 4.03. The van der Waals surface area contributed by atoms with Crippen LogP contribution in [0.25, 0.3) is 10.9 Å². The van der Waals surface area contributed by atoms with Gasteiger partial charge in [-0.25, -0.2) is 4.39 Å². The molecule has 0 atom stereocenters. The minimum absolute atomic E-state index is 0.206. The number of fused-ring (bicyclic) bond motifs is 2. The van der Waals surface area contributed by atoms with Crippen molar-refractivity contribution in [3.8, 4) is 0 Å². The van der Waals surface area contributed by atoms with Crippen molar-refractivity contribution >= 4 is 28.4 Å². The molecule has 1 aromatic heterocycles. The third-order valence-electron chi connectivity index (χ3n) is 4.69. The Bertz CT molecular complexity index is 1010. The summed E-state index contributed by atoms with van der Waals surface area (Å²) in [4.78, 5) is 26.8. The average molecular weight is 336 g/mol. The summed E-state index contributed by atoms with van der Waals surface area (Å²) >= 11 is 0. The SMILES string of the molecule is CC(=O)n1cc(C(=O)N2CCCc3ccccc32)c2cc(F)ccc21. The standard InChI is InChI=1S/C20H17FN2O2/c1-13(24)23-12-17(16-11-15(21)8-9-19(16)23)20(25)22-10-4-6-14-5-2-3-7-18(14)22/h2-3,5,7-9,11-12H,4,6,10H2,1H3. The number of benzene rings is 2. The fraction of sp³-hybridized carbons (Fsp3) is 0.200. The largest absolute Gasteiger partial charge is 0.308 e. The maximum atomic E-state index is 13.8. The molecule has 25 heavy (non-hydrogen) atoms. The normalized spacial score (nSPS) is 13.8. The molecule has 0 radical (unpaired) electrons. The van der Waals surface area contributed by atoms with Gasteiger partial charge in [0, 0.05) is 30.7 Å². The van der Waals surface area contributed by atoms with E-state index in [0.29, 0.717) is 23.0 Å². The fourth-order valence-corrected chi connectivity index (χ4v) is 3.52. The van der Waals surface area contributed by atoms with Crippen LogP contribution in [0.3, 0.4) is 0 Å². The van der Waals surface area contributed by atoms with Crippen LogP contribution in [0, 0.1) is 5.82 Å². The molecule has 0 saturated carbocycles. The van der Waals surface area contributed by atoms with E-state index in [9.17, 15) is 14.0 Å². The Kier molecular flexibility index (Phi) is 3.64. The van der Waals surface area contributed by atoms with Gasteiger partial charge in [-0.3, -0.25) is 14.2 Å². The van der Waals surface area contributed by atoms with Crippen molar-refractivity contribution in [3.05, 3.63) is 65.6 Å². The maximum Gasteiger partial charge on any atom is 0.260 e. The highest BCUT2D eigenvalue weighted by atomic mass is 19.1. The van der Waals surface area contributed by atoms with Crippen molar-refractivity contribution in [1.29, 1.82) is 0 Å². The van der Waals surface area contributed by atoms with Gasteiger partial charge in [0.15, 0.2) is 0 Å². The first-order valence-electron chi connectivity index (χ1n) is 8.27.